The maximum Gasteiger partial charge on any atom is 0.433 e. The first-order valence-electron chi connectivity index (χ1n) is 9.52. The van der Waals surface area contributed by atoms with Gasteiger partial charge < -0.3 is 4.90 Å². The van der Waals surface area contributed by atoms with Crippen LogP contribution < -0.4 is 0 Å². The van der Waals surface area contributed by atoms with Gasteiger partial charge in [0.2, 0.25) is 0 Å². The molecule has 0 spiro atoms. The molecular weight excluding hydrogens is 454 g/mol. The van der Waals surface area contributed by atoms with Gasteiger partial charge in [-0.25, -0.2) is 9.50 Å². The second kappa shape index (κ2) is 8.29. The maximum absolute atomic E-state index is 13.3. The minimum absolute atomic E-state index is 0.00769. The van der Waals surface area contributed by atoms with Crippen molar-refractivity contribution in [1.82, 2.24) is 24.4 Å². The fraction of sp³-hybridized carbons (Fsp3) is 0.350. The molecule has 1 aliphatic heterocycles. The number of benzene rings is 1. The van der Waals surface area contributed by atoms with Gasteiger partial charge in [-0.15, -0.1) is 0 Å². The van der Waals surface area contributed by atoms with Gasteiger partial charge in [-0.3, -0.25) is 9.69 Å². The van der Waals surface area contributed by atoms with Crippen LogP contribution in [0.1, 0.15) is 27.4 Å². The molecule has 1 saturated heterocycles. The Hall–Kier alpha value is -2.36. The first-order valence-corrected chi connectivity index (χ1v) is 10.3. The van der Waals surface area contributed by atoms with Gasteiger partial charge in [0.1, 0.15) is 5.69 Å². The van der Waals surface area contributed by atoms with E-state index in [0.717, 1.165) is 11.6 Å². The van der Waals surface area contributed by atoms with Crippen LogP contribution in [-0.4, -0.2) is 56.5 Å². The van der Waals surface area contributed by atoms with Crippen molar-refractivity contribution in [1.29, 1.82) is 0 Å². The van der Waals surface area contributed by atoms with Crippen LogP contribution in [0.2, 0.25) is 10.0 Å². The number of piperazine rings is 1. The molecule has 0 aliphatic carbocycles. The molecule has 1 amide bonds. The summed E-state index contributed by atoms with van der Waals surface area (Å²) in [7, 11) is 0. The Morgan fingerprint density at radius 3 is 2.45 bits per heavy atom. The number of aryl methyl sites for hydroxylation is 1. The molecule has 1 aromatic carbocycles. The molecule has 11 heteroatoms. The first kappa shape index (κ1) is 21.9. The van der Waals surface area contributed by atoms with Crippen molar-refractivity contribution in [2.75, 3.05) is 26.2 Å². The van der Waals surface area contributed by atoms with E-state index in [1.165, 1.54) is 13.0 Å². The first-order chi connectivity index (χ1) is 14.6. The van der Waals surface area contributed by atoms with E-state index in [9.17, 15) is 18.0 Å². The monoisotopic (exact) mass is 471 g/mol. The van der Waals surface area contributed by atoms with Crippen LogP contribution in [0.15, 0.2) is 30.3 Å². The van der Waals surface area contributed by atoms with Crippen LogP contribution in [0.5, 0.6) is 0 Å². The van der Waals surface area contributed by atoms with Crippen molar-refractivity contribution in [3.05, 3.63) is 63.0 Å². The van der Waals surface area contributed by atoms with Crippen molar-refractivity contribution < 1.29 is 18.0 Å². The lowest BCUT2D eigenvalue weighted by Crippen LogP contribution is -2.48. The molecule has 1 fully saturated rings. The Balaban J connectivity index is 1.47. The molecular formula is C20H18Cl2F3N5O. The van der Waals surface area contributed by atoms with E-state index in [0.29, 0.717) is 47.3 Å². The van der Waals surface area contributed by atoms with Crippen molar-refractivity contribution >= 4 is 34.8 Å². The number of halogens is 5. The summed E-state index contributed by atoms with van der Waals surface area (Å²) in [5.74, 6) is -0.416. The highest BCUT2D eigenvalue weighted by Crippen LogP contribution is 2.30. The highest BCUT2D eigenvalue weighted by molar-refractivity contribution is 6.35. The summed E-state index contributed by atoms with van der Waals surface area (Å²) in [5, 5.41) is 5.05. The van der Waals surface area contributed by atoms with Crippen LogP contribution in [0.4, 0.5) is 13.2 Å². The lowest BCUT2D eigenvalue weighted by atomic mass is 10.2. The molecule has 0 N–H and O–H groups in total. The zero-order valence-electron chi connectivity index (χ0n) is 16.5. The van der Waals surface area contributed by atoms with Gasteiger partial charge in [0.25, 0.3) is 5.91 Å². The van der Waals surface area contributed by atoms with Crippen molar-refractivity contribution in [3.63, 3.8) is 0 Å². The highest BCUT2D eigenvalue weighted by Gasteiger charge is 2.35. The topological polar surface area (TPSA) is 53.7 Å². The number of rotatable bonds is 3. The van der Waals surface area contributed by atoms with E-state index in [4.69, 9.17) is 23.2 Å². The minimum Gasteiger partial charge on any atom is -0.335 e. The number of aromatic nitrogens is 3. The van der Waals surface area contributed by atoms with E-state index in [1.807, 2.05) is 6.07 Å². The van der Waals surface area contributed by atoms with E-state index >= 15 is 0 Å². The standard InChI is InChI=1S/C20H18Cl2F3N5O/c1-12-8-17(20(23,24)25)30-18(26-12)10-16(27-30)19(31)29-6-4-28(5-7-29)11-13-2-3-14(21)9-15(13)22/h2-3,8-10H,4-7,11H2,1H3. The number of amides is 1. The van der Waals surface area contributed by atoms with Crippen molar-refractivity contribution in [2.45, 2.75) is 19.6 Å². The van der Waals surface area contributed by atoms with Crippen molar-refractivity contribution in [3.8, 4) is 0 Å². The maximum atomic E-state index is 13.3. The predicted molar refractivity (Wildman–Crippen MR) is 110 cm³/mol. The Kier molecular flexibility index (Phi) is 5.85. The molecule has 1 aliphatic rings. The fourth-order valence-electron chi connectivity index (χ4n) is 3.57. The Bertz CT molecular complexity index is 1140. The van der Waals surface area contributed by atoms with E-state index < -0.39 is 17.8 Å². The third kappa shape index (κ3) is 4.63. The number of hydrogen-bond acceptors (Lipinski definition) is 4. The van der Waals surface area contributed by atoms with E-state index in [2.05, 4.69) is 15.0 Å². The van der Waals surface area contributed by atoms with Gasteiger partial charge >= 0.3 is 6.18 Å². The third-order valence-corrected chi connectivity index (χ3v) is 5.72. The summed E-state index contributed by atoms with van der Waals surface area (Å²) in [4.78, 5) is 20.7. The second-order valence-electron chi connectivity index (χ2n) is 7.38. The molecule has 3 heterocycles. The summed E-state index contributed by atoms with van der Waals surface area (Å²) in [5.41, 5.74) is 0.115. The molecule has 31 heavy (non-hydrogen) atoms. The second-order valence-corrected chi connectivity index (χ2v) is 8.23. The zero-order chi connectivity index (χ0) is 22.3. The molecule has 2 aromatic heterocycles. The largest absolute Gasteiger partial charge is 0.433 e. The highest BCUT2D eigenvalue weighted by atomic mass is 35.5. The quantitative estimate of drug-likeness (QED) is 0.570. The molecule has 4 rings (SSSR count). The molecule has 164 valence electrons. The van der Waals surface area contributed by atoms with E-state index in [-0.39, 0.29) is 17.0 Å². The van der Waals surface area contributed by atoms with Gasteiger partial charge in [0.05, 0.1) is 0 Å². The Morgan fingerprint density at radius 2 is 1.81 bits per heavy atom. The molecule has 3 aromatic rings. The summed E-state index contributed by atoms with van der Waals surface area (Å²) in [6.07, 6.45) is -4.60. The normalized spacial score (nSPS) is 15.6. The number of fused-ring (bicyclic) bond motifs is 1. The lowest BCUT2D eigenvalue weighted by molar-refractivity contribution is -0.142. The summed E-state index contributed by atoms with van der Waals surface area (Å²) in [6.45, 7) is 4.14. The lowest BCUT2D eigenvalue weighted by Gasteiger charge is -2.34. The molecule has 0 unspecified atom stereocenters. The smallest absolute Gasteiger partial charge is 0.335 e. The van der Waals surface area contributed by atoms with Gasteiger partial charge in [0, 0.05) is 54.5 Å². The van der Waals surface area contributed by atoms with Gasteiger partial charge in [0.15, 0.2) is 11.3 Å². The average Bonchev–Trinajstić information content (AvgIpc) is 3.12. The number of carbonyl (C=O) groups excluding carboxylic acids is 1. The van der Waals surface area contributed by atoms with Crippen LogP contribution in [-0.2, 0) is 12.7 Å². The van der Waals surface area contributed by atoms with E-state index in [1.54, 1.807) is 17.0 Å². The number of nitrogens with zero attached hydrogens (tertiary/aromatic N) is 5. The Labute approximate surface area is 186 Å². The number of carbonyl (C=O) groups is 1. The van der Waals surface area contributed by atoms with Crippen LogP contribution >= 0.6 is 23.2 Å². The molecule has 0 saturated carbocycles. The van der Waals surface area contributed by atoms with Gasteiger partial charge in [-0.05, 0) is 30.7 Å². The summed E-state index contributed by atoms with van der Waals surface area (Å²) in [6, 6.07) is 7.54. The molecule has 6 nitrogen and oxygen atoms in total. The van der Waals surface area contributed by atoms with Gasteiger partial charge in [-0.1, -0.05) is 29.3 Å². The zero-order valence-corrected chi connectivity index (χ0v) is 18.0. The molecule has 0 radical (unpaired) electrons. The molecule has 0 bridgehead atoms. The van der Waals surface area contributed by atoms with Crippen LogP contribution in [0.3, 0.4) is 0 Å². The summed E-state index contributed by atoms with van der Waals surface area (Å²) >= 11 is 12.2. The summed E-state index contributed by atoms with van der Waals surface area (Å²) < 4.78 is 40.7. The number of alkyl halides is 3. The van der Waals surface area contributed by atoms with Crippen LogP contribution in [0.25, 0.3) is 5.65 Å². The van der Waals surface area contributed by atoms with Crippen molar-refractivity contribution in [2.24, 2.45) is 0 Å². The SMILES string of the molecule is Cc1cc(C(F)(F)F)n2nc(C(=O)N3CCN(Cc4ccc(Cl)cc4Cl)CC3)cc2n1. The minimum atomic E-state index is -4.60. The van der Waals surface area contributed by atoms with Gasteiger partial charge in [-0.2, -0.15) is 18.3 Å². The Morgan fingerprint density at radius 1 is 1.10 bits per heavy atom. The average molecular weight is 472 g/mol. The van der Waals surface area contributed by atoms with Crippen LogP contribution in [0, 0.1) is 6.92 Å². The fourth-order valence-corrected chi connectivity index (χ4v) is 4.04. The number of hydrogen-bond donors (Lipinski definition) is 0. The third-order valence-electron chi connectivity index (χ3n) is 5.13. The molecule has 0 atom stereocenters. The predicted octanol–water partition coefficient (Wildman–Crippen LogP) is 4.32.